The Morgan fingerprint density at radius 3 is 1.01 bits per heavy atom. The molecule has 0 atom stereocenters. The predicted octanol–water partition coefficient (Wildman–Crippen LogP) is 23.8. The van der Waals surface area contributed by atoms with Gasteiger partial charge in [0.2, 0.25) is 0 Å². The Balaban J connectivity index is 0.000000103. The van der Waals surface area contributed by atoms with Crippen molar-refractivity contribution in [2.24, 2.45) is 0 Å². The van der Waals surface area contributed by atoms with Crippen molar-refractivity contribution in [2.45, 2.75) is 24.6 Å². The minimum atomic E-state index is -2.50. The van der Waals surface area contributed by atoms with Gasteiger partial charge in [0.1, 0.15) is 19.7 Å². The van der Waals surface area contributed by atoms with Crippen LogP contribution >= 0.6 is 0 Å². The fourth-order valence-corrected chi connectivity index (χ4v) is 32.6. The summed E-state index contributed by atoms with van der Waals surface area (Å²) in [5, 5.41) is 10.3. The van der Waals surface area contributed by atoms with Crippen molar-refractivity contribution in [1.29, 1.82) is 0 Å². The average Bonchev–Trinajstić information content (AvgIpc) is 1.70. The van der Waals surface area contributed by atoms with E-state index in [0.29, 0.717) is 61.5 Å². The molecule has 0 amide bonds. The monoisotopic (exact) mass is 2070 g/mol. The van der Waals surface area contributed by atoms with Crippen molar-refractivity contribution in [2.75, 3.05) is 31.5 Å². The zero-order valence-corrected chi connectivity index (χ0v) is 85.8. The van der Waals surface area contributed by atoms with Crippen LogP contribution in [0.5, 0.6) is 0 Å². The number of carbonyl (C=O) groups excluding carboxylic acids is 8. The maximum atomic E-state index is 13.2. The van der Waals surface area contributed by atoms with Crippen LogP contribution in [0.15, 0.2) is 423 Å². The van der Waals surface area contributed by atoms with Crippen molar-refractivity contribution in [3.63, 3.8) is 0 Å². The number of ketones is 8. The molecule has 14 aromatic carbocycles. The minimum absolute atomic E-state index is 0.164. The molecule has 19 nitrogen and oxygen atoms in total. The molecule has 22 heteroatoms. The number of rotatable bonds is 8. The summed E-state index contributed by atoms with van der Waals surface area (Å²) in [5.41, 5.74) is 15.9. The molecule has 8 aliphatic rings. The van der Waals surface area contributed by atoms with Gasteiger partial charge >= 0.3 is 368 Å². The number of benzene rings is 14. The van der Waals surface area contributed by atoms with Gasteiger partial charge in [-0.15, -0.1) is 0 Å². The summed E-state index contributed by atoms with van der Waals surface area (Å²) in [6.07, 6.45) is 17.4. The second-order valence-electron chi connectivity index (χ2n) is 38.6. The third-order valence-electron chi connectivity index (χ3n) is 29.1. The average molecular weight is 2070 g/mol. The van der Waals surface area contributed by atoms with Gasteiger partial charge in [-0.2, -0.15) is 0 Å². The molecule has 149 heavy (non-hydrogen) atoms. The van der Waals surface area contributed by atoms with Crippen LogP contribution in [0.4, 0.5) is 80.4 Å². The van der Waals surface area contributed by atoms with Gasteiger partial charge in [0.15, 0.2) is 29.0 Å². The fourth-order valence-electron chi connectivity index (χ4n) is 21.5. The van der Waals surface area contributed by atoms with Gasteiger partial charge in [-0.05, 0) is 162 Å². The summed E-state index contributed by atoms with van der Waals surface area (Å²) in [4.78, 5) is 144. The second-order valence-corrected chi connectivity index (χ2v) is 54.3. The van der Waals surface area contributed by atoms with Crippen LogP contribution < -0.4 is 52.6 Å². The first-order chi connectivity index (χ1) is 72.6. The molecule has 4 aliphatic carbocycles. The quantitative estimate of drug-likeness (QED) is 0.0782. The zero-order chi connectivity index (χ0) is 101. The summed E-state index contributed by atoms with van der Waals surface area (Å²) in [6, 6.07) is 119. The Morgan fingerprint density at radius 1 is 0.255 bits per heavy atom. The number of Topliss-reactive ketones (excluding diaryl/α,β-unsaturated/α-hetero) is 8. The van der Waals surface area contributed by atoms with Gasteiger partial charge < -0.3 is 4.90 Å². The molecule has 0 unspecified atom stereocenters. The van der Waals surface area contributed by atoms with E-state index in [1.807, 2.05) is 297 Å². The van der Waals surface area contributed by atoms with Gasteiger partial charge in [-0.1, -0.05) is 159 Å². The molecule has 710 valence electrons. The number of anilines is 14. The van der Waals surface area contributed by atoms with Crippen molar-refractivity contribution in [3.8, 4) is 0 Å². The number of hydrogen-bond donors (Lipinski definition) is 0. The summed E-state index contributed by atoms with van der Waals surface area (Å²) >= 11 is -2.33. The SMILES string of the molecule is CN1c2ccccc2N(c2ccc(C=C3C(=O)c4cc5ccccc5cc4C3=O)cn2)c2ncccc21.C[Si]1(C)c2ccccc2N(c2ccc(C=C3C(=O)c4cc5ccccc5cc4C3=O)cc2)c2ncccc21.O=C1C(=Cc2ccc(N3c4ccccc4[Se]c4cccnc43)nc2)C(=O)c2cc3ccccc3cc21.[CH3][Ge]1([CH3])[c]2ccccc2N(c2ccc(C=C3C(=O)c4cc5ccccc5cc4C3=O)cc2)c2nccc[c]21. The second kappa shape index (κ2) is 36.7. The molecular weight excluding hydrogens is 1990 g/mol. The van der Waals surface area contributed by atoms with Crippen molar-refractivity contribution < 1.29 is 38.4 Å². The molecule has 0 saturated carbocycles. The zero-order valence-electron chi connectivity index (χ0n) is 81.0. The van der Waals surface area contributed by atoms with E-state index >= 15 is 0 Å². The molecule has 28 rings (SSSR count). The van der Waals surface area contributed by atoms with Gasteiger partial charge in [0, 0.05) is 59.3 Å². The predicted molar refractivity (Wildman–Crippen MR) is 600 cm³/mol. The normalized spacial score (nSPS) is 14.7. The number of fused-ring (bicyclic) bond motifs is 16. The number of para-hydroxylation sites is 5. The van der Waals surface area contributed by atoms with E-state index in [9.17, 15) is 38.4 Å². The van der Waals surface area contributed by atoms with E-state index in [2.05, 4.69) is 145 Å². The van der Waals surface area contributed by atoms with Crippen LogP contribution in [-0.2, 0) is 0 Å². The Kier molecular flexibility index (Phi) is 22.6. The number of pyridine rings is 6. The molecule has 6 aromatic heterocycles. The van der Waals surface area contributed by atoms with Crippen molar-refractivity contribution >= 4 is 258 Å². The first-order valence-electron chi connectivity index (χ1n) is 48.9. The number of allylic oxidation sites excluding steroid dienone is 4. The summed E-state index contributed by atoms with van der Waals surface area (Å²) < 4.78 is 5.24. The van der Waals surface area contributed by atoms with Gasteiger partial charge in [-0.25, -0.2) is 15.0 Å². The number of hydrogen-bond acceptors (Lipinski definition) is 19. The number of nitrogens with zero attached hydrogens (tertiary/aromatic N) is 11. The van der Waals surface area contributed by atoms with E-state index in [1.165, 1.54) is 33.8 Å². The first-order valence-corrected chi connectivity index (χ1v) is 59.9. The Hall–Kier alpha value is -18.4. The maximum absolute atomic E-state index is 13.2. The third-order valence-corrected chi connectivity index (χ3v) is 42.3. The summed E-state index contributed by atoms with van der Waals surface area (Å²) in [5.74, 6) is 8.07. The van der Waals surface area contributed by atoms with Crippen LogP contribution in [0.25, 0.3) is 67.4 Å². The van der Waals surface area contributed by atoms with Gasteiger partial charge in [0.25, 0.3) is 0 Å². The topological polar surface area (TPSA) is 230 Å². The molecular formula is C127H85GeN11O8SeSi. The fraction of sp³-hybridized carbons (Fsp3) is 0.0394. The van der Waals surface area contributed by atoms with E-state index in [0.717, 1.165) is 123 Å². The van der Waals surface area contributed by atoms with E-state index in [-0.39, 0.29) is 83.5 Å². The van der Waals surface area contributed by atoms with Crippen molar-refractivity contribution in [1.82, 2.24) is 29.9 Å². The Bertz CT molecular complexity index is 8680. The van der Waals surface area contributed by atoms with Gasteiger partial charge in [0.05, 0.1) is 28.2 Å². The standard InChI is InChI=1S/C33H24GeN2O2.C33H24N2O2Si.C31H20N4O2.C30H17N3O2Se/c1-34(2)28-10-5-6-12-30(28)36(33-29(34)11-7-17-35-33)24-15-13-21(14-16-24)18-27-31(37)25-19-22-8-3-4-9-23(22)20-26(25)32(27)38;1-38(2)29-11-6-5-10-28(29)35(33-30(38)12-7-17-34-33)24-15-13-21(14-16-24)18-27-31(36)25-19-22-8-3-4-9-23(22)20-26(25)32(27)37;1-34-25-9-4-5-10-26(25)35(31-27(34)11-6-14-32-31)28-13-12-19(18-33-28)15-24-29(36)22-16-20-7-2-3-8-21(20)17-23(22)30(24)37;34-28-21-15-19-6-1-2-7-20(19)16-22(21)29(35)23(28)14-18-11-12-27(32-17-18)33-24-8-3-4-9-25(24)36-26-10-5-13-31-30(26)33/h2*3-20H,1-2H3;2-18H,1H3;1-17H. The summed E-state index contributed by atoms with van der Waals surface area (Å²) in [6.45, 7) is 4.74. The van der Waals surface area contributed by atoms with E-state index in [4.69, 9.17) is 19.9 Å². The van der Waals surface area contributed by atoms with Gasteiger partial charge in [-0.3, -0.25) is 29.0 Å². The van der Waals surface area contributed by atoms with Crippen LogP contribution in [-0.4, -0.2) is 120 Å². The molecule has 0 bridgehead atoms. The summed E-state index contributed by atoms with van der Waals surface area (Å²) in [7, 11) is 0.128. The molecule has 0 N–H and O–H groups in total. The Labute approximate surface area is 866 Å². The van der Waals surface area contributed by atoms with Crippen LogP contribution in [0, 0.1) is 0 Å². The molecule has 0 spiro atoms. The van der Waals surface area contributed by atoms with Crippen molar-refractivity contribution in [3.05, 3.63) is 490 Å². The molecule has 20 aromatic rings. The van der Waals surface area contributed by atoms with E-state index in [1.54, 1.807) is 49.1 Å². The first kappa shape index (κ1) is 91.8. The molecule has 4 aliphatic heterocycles. The van der Waals surface area contributed by atoms with Crippen LogP contribution in [0.1, 0.15) is 105 Å². The van der Waals surface area contributed by atoms with Crippen LogP contribution in [0.3, 0.4) is 0 Å². The third kappa shape index (κ3) is 15.8. The number of carbonyl (C=O) groups is 8. The Morgan fingerprint density at radius 2 is 0.564 bits per heavy atom. The van der Waals surface area contributed by atoms with Crippen LogP contribution in [0.2, 0.25) is 24.6 Å². The van der Waals surface area contributed by atoms with E-state index < -0.39 is 21.3 Å². The molecule has 0 saturated heterocycles. The number of aromatic nitrogens is 6. The molecule has 0 radical (unpaired) electrons. The molecule has 10 heterocycles. The molecule has 0 fully saturated rings.